The molecule has 0 bridgehead atoms. The van der Waals surface area contributed by atoms with Gasteiger partial charge in [0, 0.05) is 34.1 Å². The Morgan fingerprint density at radius 2 is 1.70 bits per heavy atom. The van der Waals surface area contributed by atoms with E-state index in [9.17, 15) is 19.3 Å². The zero-order valence-corrected chi connectivity index (χ0v) is 19.7. The molecular formula is C23H22N2O6S2. The minimum absolute atomic E-state index is 0.00271. The predicted molar refractivity (Wildman–Crippen MR) is 129 cm³/mol. The Hall–Kier alpha value is -3.20. The first-order valence-electron chi connectivity index (χ1n) is 9.96. The van der Waals surface area contributed by atoms with Gasteiger partial charge in [-0.2, -0.15) is 4.99 Å². The van der Waals surface area contributed by atoms with Crippen LogP contribution in [0.4, 0.5) is 5.69 Å². The minimum Gasteiger partial charge on any atom is -0.426 e. The molecule has 0 unspecified atom stereocenters. The predicted octanol–water partition coefficient (Wildman–Crippen LogP) is 5.87. The molecule has 0 aliphatic rings. The SMILES string of the molecule is CC(C)(CCC(=O)CCC(=O)Oc1ccccc1C(=O)Oc1ccc(N=C=S)cc1)SN=O. The number of ketones is 1. The summed E-state index contributed by atoms with van der Waals surface area (Å²) in [6.45, 7) is 3.64. The van der Waals surface area contributed by atoms with Gasteiger partial charge in [-0.25, -0.2) is 4.79 Å². The lowest BCUT2D eigenvalue weighted by molar-refractivity contribution is -0.136. The first-order valence-corrected chi connectivity index (χ1v) is 11.1. The smallest absolute Gasteiger partial charge is 0.347 e. The molecule has 0 saturated heterocycles. The summed E-state index contributed by atoms with van der Waals surface area (Å²) in [5, 5.41) is 2.25. The average molecular weight is 487 g/mol. The number of esters is 2. The van der Waals surface area contributed by atoms with E-state index in [0.29, 0.717) is 12.1 Å². The molecule has 10 heteroatoms. The number of para-hydroxylation sites is 1. The van der Waals surface area contributed by atoms with Crippen LogP contribution in [-0.2, 0) is 9.59 Å². The number of isothiocyanates is 1. The number of hydrogen-bond acceptors (Lipinski definition) is 10. The monoisotopic (exact) mass is 486 g/mol. The van der Waals surface area contributed by atoms with Gasteiger partial charge in [-0.05, 0) is 68.9 Å². The van der Waals surface area contributed by atoms with Gasteiger partial charge in [0.15, 0.2) is 0 Å². The van der Waals surface area contributed by atoms with Crippen LogP contribution in [0.1, 0.15) is 49.9 Å². The summed E-state index contributed by atoms with van der Waals surface area (Å²) < 4.78 is 13.0. The zero-order chi connectivity index (χ0) is 24.3. The van der Waals surface area contributed by atoms with Crippen molar-refractivity contribution in [1.82, 2.24) is 0 Å². The molecule has 2 aromatic carbocycles. The van der Waals surface area contributed by atoms with Crippen LogP contribution in [0.15, 0.2) is 58.1 Å². The van der Waals surface area contributed by atoms with Gasteiger partial charge in [-0.15, -0.1) is 4.91 Å². The Labute approximate surface area is 200 Å². The number of hydrogen-bond donors (Lipinski definition) is 0. The zero-order valence-electron chi connectivity index (χ0n) is 18.1. The molecule has 33 heavy (non-hydrogen) atoms. The lowest BCUT2D eigenvalue weighted by Crippen LogP contribution is -2.17. The van der Waals surface area contributed by atoms with E-state index >= 15 is 0 Å². The van der Waals surface area contributed by atoms with Gasteiger partial charge in [-0.3, -0.25) is 9.59 Å². The molecule has 0 aromatic heterocycles. The summed E-state index contributed by atoms with van der Waals surface area (Å²) in [5.74, 6) is -1.16. The van der Waals surface area contributed by atoms with Crippen LogP contribution in [0.2, 0.25) is 0 Å². The second-order valence-corrected chi connectivity index (χ2v) is 9.14. The average Bonchev–Trinajstić information content (AvgIpc) is 2.78. The Morgan fingerprint density at radius 1 is 1.00 bits per heavy atom. The van der Waals surface area contributed by atoms with Crippen LogP contribution in [0.25, 0.3) is 0 Å². The molecule has 2 rings (SSSR count). The first-order chi connectivity index (χ1) is 15.7. The van der Waals surface area contributed by atoms with Crippen molar-refractivity contribution in [3.05, 3.63) is 59.0 Å². The normalized spacial score (nSPS) is 10.6. The molecule has 0 spiro atoms. The van der Waals surface area contributed by atoms with Gasteiger partial charge in [-0.1, -0.05) is 12.1 Å². The molecule has 0 amide bonds. The molecule has 0 saturated carbocycles. The number of aliphatic imine (C=N–C) groups is 1. The van der Waals surface area contributed by atoms with Crippen molar-refractivity contribution in [2.24, 2.45) is 9.57 Å². The van der Waals surface area contributed by atoms with Gasteiger partial charge in [0.1, 0.15) is 22.8 Å². The van der Waals surface area contributed by atoms with E-state index in [4.69, 9.17) is 9.47 Å². The molecule has 0 aliphatic heterocycles. The van der Waals surface area contributed by atoms with Crippen molar-refractivity contribution in [3.63, 3.8) is 0 Å². The van der Waals surface area contributed by atoms with Crippen molar-refractivity contribution >= 4 is 52.7 Å². The standard InChI is InChI=1S/C23H22N2O6S2/c1-23(2,33-25-29)14-13-17(26)9-12-21(27)31-20-6-4-3-5-19(20)22(28)30-18-10-7-16(8-11-18)24-15-32/h3-8,10-11H,9,12-14H2,1-2H3. The third kappa shape index (κ3) is 9.05. The van der Waals surface area contributed by atoms with Crippen LogP contribution in [-0.4, -0.2) is 27.6 Å². The van der Waals surface area contributed by atoms with Crippen LogP contribution in [0, 0.1) is 4.91 Å². The van der Waals surface area contributed by atoms with Crippen LogP contribution in [0.3, 0.4) is 0 Å². The second-order valence-electron chi connectivity index (χ2n) is 7.52. The highest BCUT2D eigenvalue weighted by atomic mass is 32.2. The number of carbonyl (C=O) groups excluding carboxylic acids is 3. The quantitative estimate of drug-likeness (QED) is 0.0914. The molecule has 8 nitrogen and oxygen atoms in total. The molecule has 2 aromatic rings. The van der Waals surface area contributed by atoms with E-state index in [1.165, 1.54) is 12.1 Å². The van der Waals surface area contributed by atoms with Crippen molar-refractivity contribution < 1.29 is 23.9 Å². The van der Waals surface area contributed by atoms with Crippen molar-refractivity contribution in [3.8, 4) is 11.5 Å². The van der Waals surface area contributed by atoms with Crippen molar-refractivity contribution in [1.29, 1.82) is 0 Å². The number of carbonyl (C=O) groups is 3. The fourth-order valence-corrected chi connectivity index (χ4v) is 3.16. The van der Waals surface area contributed by atoms with Gasteiger partial charge >= 0.3 is 11.9 Å². The Balaban J connectivity index is 1.93. The number of nitrogens with zero attached hydrogens (tertiary/aromatic N) is 2. The molecule has 0 fully saturated rings. The van der Waals surface area contributed by atoms with E-state index in [1.807, 2.05) is 13.8 Å². The highest BCUT2D eigenvalue weighted by Crippen LogP contribution is 2.30. The molecule has 0 atom stereocenters. The maximum atomic E-state index is 12.6. The van der Waals surface area contributed by atoms with Crippen LogP contribution < -0.4 is 9.47 Å². The molecule has 0 N–H and O–H groups in total. The minimum atomic E-state index is -0.705. The first kappa shape index (κ1) is 26.1. The summed E-state index contributed by atoms with van der Waals surface area (Å²) in [4.78, 5) is 51.1. The van der Waals surface area contributed by atoms with Gasteiger partial charge in [0.2, 0.25) is 0 Å². The van der Waals surface area contributed by atoms with E-state index in [1.54, 1.807) is 36.4 Å². The third-order valence-corrected chi connectivity index (χ3v) is 5.32. The van der Waals surface area contributed by atoms with Crippen molar-refractivity contribution in [2.45, 2.75) is 44.3 Å². The number of rotatable bonds is 12. The number of thiocarbonyl (C=S) groups is 1. The van der Waals surface area contributed by atoms with E-state index in [0.717, 1.165) is 11.9 Å². The fourth-order valence-electron chi connectivity index (χ4n) is 2.65. The van der Waals surface area contributed by atoms with Crippen LogP contribution >= 0.6 is 24.2 Å². The van der Waals surface area contributed by atoms with Gasteiger partial charge in [0.25, 0.3) is 0 Å². The maximum absolute atomic E-state index is 12.6. The topological polar surface area (TPSA) is 111 Å². The lowest BCUT2D eigenvalue weighted by atomic mass is 10.0. The largest absolute Gasteiger partial charge is 0.426 e. The Bertz CT molecular complexity index is 1060. The van der Waals surface area contributed by atoms with E-state index in [-0.39, 0.29) is 42.1 Å². The van der Waals surface area contributed by atoms with Gasteiger partial charge in [0.05, 0.1) is 17.3 Å². The number of ether oxygens (including phenoxy) is 2. The second kappa shape index (κ2) is 12.7. The molecular weight excluding hydrogens is 464 g/mol. The maximum Gasteiger partial charge on any atom is 0.347 e. The van der Waals surface area contributed by atoms with Gasteiger partial charge < -0.3 is 9.47 Å². The fraction of sp³-hybridized carbons (Fsp3) is 0.304. The lowest BCUT2D eigenvalue weighted by Gasteiger charge is -2.18. The number of nitroso groups, excluding NO2 is 1. The molecule has 0 aliphatic carbocycles. The third-order valence-electron chi connectivity index (χ3n) is 4.45. The van der Waals surface area contributed by atoms with E-state index in [2.05, 4.69) is 27.0 Å². The summed E-state index contributed by atoms with van der Waals surface area (Å²) in [7, 11) is 0. The summed E-state index contributed by atoms with van der Waals surface area (Å²) in [5.41, 5.74) is 0.634. The number of benzene rings is 2. The van der Waals surface area contributed by atoms with Crippen molar-refractivity contribution in [2.75, 3.05) is 0 Å². The Kier molecular flexibility index (Phi) is 10.1. The summed E-state index contributed by atoms with van der Waals surface area (Å²) >= 11 is 5.42. The highest BCUT2D eigenvalue weighted by molar-refractivity contribution is 7.99. The molecule has 0 radical (unpaired) electrons. The van der Waals surface area contributed by atoms with Crippen LogP contribution in [0.5, 0.6) is 11.5 Å². The highest BCUT2D eigenvalue weighted by Gasteiger charge is 2.22. The Morgan fingerprint density at radius 3 is 2.36 bits per heavy atom. The molecule has 172 valence electrons. The summed E-state index contributed by atoms with van der Waals surface area (Å²) in [6, 6.07) is 12.5. The molecule has 0 heterocycles. The number of Topliss-reactive ketones (excluding diaryl/α,β-unsaturated/α-hetero) is 1. The van der Waals surface area contributed by atoms with E-state index < -0.39 is 16.7 Å². The summed E-state index contributed by atoms with van der Waals surface area (Å²) in [6.07, 6.45) is 0.548.